The number of rotatable bonds is 5. The van der Waals surface area contributed by atoms with E-state index in [1.807, 2.05) is 32.9 Å². The molecule has 1 aromatic heterocycles. The van der Waals surface area contributed by atoms with Gasteiger partial charge in [-0.2, -0.15) is 0 Å². The molecule has 1 saturated heterocycles. The second kappa shape index (κ2) is 7.99. The van der Waals surface area contributed by atoms with Crippen molar-refractivity contribution in [3.63, 3.8) is 0 Å². The molecule has 1 aliphatic rings. The van der Waals surface area contributed by atoms with E-state index < -0.39 is 5.41 Å². The third-order valence-electron chi connectivity index (χ3n) is 4.67. The first-order chi connectivity index (χ1) is 12.4. The van der Waals surface area contributed by atoms with Crippen molar-refractivity contribution < 1.29 is 9.53 Å². The summed E-state index contributed by atoms with van der Waals surface area (Å²) in [5.41, 5.74) is 2.61. The number of nitrogens with one attached hydrogen (secondary N) is 2. The van der Waals surface area contributed by atoms with E-state index in [-0.39, 0.29) is 5.97 Å². The molecule has 0 aliphatic carbocycles. The number of hydrogen-bond donors (Lipinski definition) is 2. The summed E-state index contributed by atoms with van der Waals surface area (Å²) < 4.78 is 5.28. The summed E-state index contributed by atoms with van der Waals surface area (Å²) in [5.74, 6) is 0.314. The zero-order valence-electron chi connectivity index (χ0n) is 15.8. The fourth-order valence-corrected chi connectivity index (χ4v) is 3.16. The molecule has 2 aromatic rings. The molecule has 2 heterocycles. The number of esters is 1. The molecule has 0 amide bonds. The summed E-state index contributed by atoms with van der Waals surface area (Å²) in [4.78, 5) is 20.8. The van der Waals surface area contributed by atoms with Gasteiger partial charge in [0.2, 0.25) is 0 Å². The van der Waals surface area contributed by atoms with Crippen molar-refractivity contribution in [1.82, 2.24) is 15.3 Å². The van der Waals surface area contributed by atoms with Gasteiger partial charge in [0.1, 0.15) is 12.9 Å². The SMILES string of the molecule is CC(C)(C)C(=O)OCCNc1ccc2c(C3CCNCC3)ncnc2c1. The van der Waals surface area contributed by atoms with Gasteiger partial charge in [0, 0.05) is 23.5 Å². The Morgan fingerprint density at radius 3 is 2.77 bits per heavy atom. The van der Waals surface area contributed by atoms with Crippen LogP contribution in [0.5, 0.6) is 0 Å². The maximum absolute atomic E-state index is 11.8. The largest absolute Gasteiger partial charge is 0.463 e. The van der Waals surface area contributed by atoms with E-state index in [1.165, 1.54) is 0 Å². The molecule has 0 spiro atoms. The van der Waals surface area contributed by atoms with E-state index in [2.05, 4.69) is 26.7 Å². The maximum atomic E-state index is 11.8. The Labute approximate surface area is 154 Å². The number of carbonyl (C=O) groups excluding carboxylic acids is 1. The Bertz CT molecular complexity index is 764. The Kier molecular flexibility index (Phi) is 5.71. The quantitative estimate of drug-likeness (QED) is 0.633. The van der Waals surface area contributed by atoms with E-state index in [4.69, 9.17) is 4.74 Å². The zero-order valence-corrected chi connectivity index (χ0v) is 15.8. The number of anilines is 1. The highest BCUT2D eigenvalue weighted by atomic mass is 16.5. The van der Waals surface area contributed by atoms with Crippen molar-refractivity contribution in [1.29, 1.82) is 0 Å². The van der Waals surface area contributed by atoms with E-state index in [9.17, 15) is 4.79 Å². The van der Waals surface area contributed by atoms with Gasteiger partial charge in [-0.3, -0.25) is 4.79 Å². The highest BCUT2D eigenvalue weighted by Crippen LogP contribution is 2.29. The van der Waals surface area contributed by atoms with Crippen LogP contribution in [0.2, 0.25) is 0 Å². The average Bonchev–Trinajstić information content (AvgIpc) is 2.64. The molecule has 1 aliphatic heterocycles. The number of hydrogen-bond acceptors (Lipinski definition) is 6. The Morgan fingerprint density at radius 1 is 1.27 bits per heavy atom. The van der Waals surface area contributed by atoms with Crippen LogP contribution in [0.1, 0.15) is 45.2 Å². The van der Waals surface area contributed by atoms with Gasteiger partial charge in [-0.05, 0) is 64.9 Å². The predicted molar refractivity (Wildman–Crippen MR) is 103 cm³/mol. The van der Waals surface area contributed by atoms with E-state index in [1.54, 1.807) is 6.33 Å². The summed E-state index contributed by atoms with van der Waals surface area (Å²) in [6.07, 6.45) is 3.89. The molecule has 6 nitrogen and oxygen atoms in total. The van der Waals surface area contributed by atoms with E-state index in [0.29, 0.717) is 19.1 Å². The monoisotopic (exact) mass is 356 g/mol. The average molecular weight is 356 g/mol. The fourth-order valence-electron chi connectivity index (χ4n) is 3.16. The molecule has 0 radical (unpaired) electrons. The van der Waals surface area contributed by atoms with Crippen LogP contribution < -0.4 is 10.6 Å². The van der Waals surface area contributed by atoms with Gasteiger partial charge >= 0.3 is 5.97 Å². The predicted octanol–water partition coefficient (Wildman–Crippen LogP) is 3.10. The summed E-state index contributed by atoms with van der Waals surface area (Å²) in [7, 11) is 0. The van der Waals surface area contributed by atoms with E-state index in [0.717, 1.165) is 48.2 Å². The third-order valence-corrected chi connectivity index (χ3v) is 4.67. The van der Waals surface area contributed by atoms with Crippen molar-refractivity contribution in [2.24, 2.45) is 5.41 Å². The van der Waals surface area contributed by atoms with Crippen LogP contribution in [-0.2, 0) is 9.53 Å². The minimum Gasteiger partial charge on any atom is -0.463 e. The Morgan fingerprint density at radius 2 is 2.04 bits per heavy atom. The van der Waals surface area contributed by atoms with Crippen LogP contribution in [0.4, 0.5) is 5.69 Å². The number of carbonyl (C=O) groups is 1. The van der Waals surface area contributed by atoms with Gasteiger partial charge in [0.15, 0.2) is 0 Å². The van der Waals surface area contributed by atoms with Gasteiger partial charge in [-0.25, -0.2) is 9.97 Å². The molecule has 0 atom stereocenters. The Hall–Kier alpha value is -2.21. The lowest BCUT2D eigenvalue weighted by Gasteiger charge is -2.23. The first-order valence-corrected chi connectivity index (χ1v) is 9.31. The number of fused-ring (bicyclic) bond motifs is 1. The third kappa shape index (κ3) is 4.49. The van der Waals surface area contributed by atoms with Gasteiger partial charge in [0.25, 0.3) is 0 Å². The van der Waals surface area contributed by atoms with Crippen LogP contribution in [0.15, 0.2) is 24.5 Å². The van der Waals surface area contributed by atoms with Crippen molar-refractivity contribution in [3.8, 4) is 0 Å². The van der Waals surface area contributed by atoms with Crippen molar-refractivity contribution in [2.45, 2.75) is 39.5 Å². The summed E-state index contributed by atoms with van der Waals surface area (Å²) >= 11 is 0. The highest BCUT2D eigenvalue weighted by Gasteiger charge is 2.22. The number of piperidine rings is 1. The first-order valence-electron chi connectivity index (χ1n) is 9.31. The molecule has 0 unspecified atom stereocenters. The molecule has 0 saturated carbocycles. The summed E-state index contributed by atoms with van der Waals surface area (Å²) in [6.45, 7) is 8.56. The van der Waals surface area contributed by atoms with Crippen LogP contribution in [0.3, 0.4) is 0 Å². The molecule has 26 heavy (non-hydrogen) atoms. The molecule has 1 aromatic carbocycles. The normalized spacial score (nSPS) is 15.8. The minimum absolute atomic E-state index is 0.183. The van der Waals surface area contributed by atoms with Gasteiger partial charge in [-0.15, -0.1) is 0 Å². The second-order valence-electron chi connectivity index (χ2n) is 7.83. The lowest BCUT2D eigenvalue weighted by molar-refractivity contribution is -0.152. The number of ether oxygens (including phenoxy) is 1. The zero-order chi connectivity index (χ0) is 18.6. The molecule has 0 bridgehead atoms. The Balaban J connectivity index is 1.63. The summed E-state index contributed by atoms with van der Waals surface area (Å²) in [6, 6.07) is 6.17. The van der Waals surface area contributed by atoms with Crippen molar-refractivity contribution >= 4 is 22.6 Å². The lowest BCUT2D eigenvalue weighted by atomic mass is 9.92. The first kappa shape index (κ1) is 18.6. The van der Waals surface area contributed by atoms with Crippen LogP contribution in [0, 0.1) is 5.41 Å². The van der Waals surface area contributed by atoms with Gasteiger partial charge in [-0.1, -0.05) is 0 Å². The number of nitrogens with zero attached hydrogens (tertiary/aromatic N) is 2. The molecule has 6 heteroatoms. The maximum Gasteiger partial charge on any atom is 0.311 e. The molecular weight excluding hydrogens is 328 g/mol. The van der Waals surface area contributed by atoms with Crippen molar-refractivity contribution in [2.75, 3.05) is 31.6 Å². The summed E-state index contributed by atoms with van der Waals surface area (Å²) in [5, 5.41) is 7.82. The molecule has 1 fully saturated rings. The van der Waals surface area contributed by atoms with Gasteiger partial charge < -0.3 is 15.4 Å². The standard InChI is InChI=1S/C20H28N4O2/c1-20(2,3)19(25)26-11-10-22-15-4-5-16-17(12-15)23-13-24-18(16)14-6-8-21-9-7-14/h4-5,12-14,21-22H,6-11H2,1-3H3. The van der Waals surface area contributed by atoms with Crippen LogP contribution >= 0.6 is 0 Å². The lowest BCUT2D eigenvalue weighted by Crippen LogP contribution is -2.27. The van der Waals surface area contributed by atoms with E-state index >= 15 is 0 Å². The smallest absolute Gasteiger partial charge is 0.311 e. The highest BCUT2D eigenvalue weighted by molar-refractivity contribution is 5.84. The molecule has 140 valence electrons. The molecule has 2 N–H and O–H groups in total. The topological polar surface area (TPSA) is 76.1 Å². The molecular formula is C20H28N4O2. The number of aromatic nitrogens is 2. The molecule has 3 rings (SSSR count). The minimum atomic E-state index is -0.467. The number of benzene rings is 1. The fraction of sp³-hybridized carbons (Fsp3) is 0.550. The van der Waals surface area contributed by atoms with Crippen molar-refractivity contribution in [3.05, 3.63) is 30.2 Å². The second-order valence-corrected chi connectivity index (χ2v) is 7.83. The van der Waals surface area contributed by atoms with Crippen LogP contribution in [-0.4, -0.2) is 42.2 Å². The van der Waals surface area contributed by atoms with Gasteiger partial charge in [0.05, 0.1) is 16.6 Å². The van der Waals surface area contributed by atoms with Crippen LogP contribution in [0.25, 0.3) is 10.9 Å².